The second-order valence-electron chi connectivity index (χ2n) is 12.7. The Morgan fingerprint density at radius 1 is 0.448 bits per heavy atom. The van der Waals surface area contributed by atoms with Gasteiger partial charge in [-0.1, -0.05) is 60.7 Å². The first-order valence-corrected chi connectivity index (χ1v) is 16.5. The van der Waals surface area contributed by atoms with E-state index in [-0.39, 0.29) is 22.3 Å². The Morgan fingerprint density at radius 3 is 1.02 bits per heavy atom. The molecule has 4 atom stereocenters. The number of fused-ring (bicyclic) bond motifs is 2. The summed E-state index contributed by atoms with van der Waals surface area (Å²) < 4.78 is 121. The molecule has 2 heterocycles. The normalized spacial score (nSPS) is 16.2. The van der Waals surface area contributed by atoms with E-state index in [0.29, 0.717) is 0 Å². The summed E-state index contributed by atoms with van der Waals surface area (Å²) >= 11 is 0. The summed E-state index contributed by atoms with van der Waals surface area (Å²) in [6.45, 7) is 0. The van der Waals surface area contributed by atoms with Crippen LogP contribution in [0.15, 0.2) is 60.7 Å². The highest BCUT2D eigenvalue weighted by molar-refractivity contribution is 6.13. The lowest BCUT2D eigenvalue weighted by atomic mass is 9.73. The molecule has 5 aromatic rings. The summed E-state index contributed by atoms with van der Waals surface area (Å²) in [6.07, 6.45) is 0. The number of halogens is 8. The third kappa shape index (κ3) is 5.36. The van der Waals surface area contributed by atoms with Crippen LogP contribution in [-0.4, -0.2) is 9.97 Å². The summed E-state index contributed by atoms with van der Waals surface area (Å²) in [5.41, 5.74) is -7.71. The maximum atomic E-state index is 15.6. The molecule has 58 heavy (non-hydrogen) atoms. The summed E-state index contributed by atoms with van der Waals surface area (Å²) in [5.74, 6) is -25.4. The highest BCUT2D eigenvalue weighted by atomic mass is 19.2. The van der Waals surface area contributed by atoms with Crippen LogP contribution in [0.2, 0.25) is 0 Å². The zero-order valence-electron chi connectivity index (χ0n) is 28.7. The zero-order valence-corrected chi connectivity index (χ0v) is 28.7. The van der Waals surface area contributed by atoms with Gasteiger partial charge < -0.3 is 0 Å². The summed E-state index contributed by atoms with van der Waals surface area (Å²) in [4.78, 5) is 5.10. The molecular weight excluding hydrogens is 769 g/mol. The van der Waals surface area contributed by atoms with E-state index in [1.165, 1.54) is 60.7 Å². The quantitative estimate of drug-likeness (QED) is 0.121. The average Bonchev–Trinajstić information content (AvgIpc) is 3.75. The Hall–Kier alpha value is -8.18. The molecule has 7 rings (SSSR count). The lowest BCUT2D eigenvalue weighted by Gasteiger charge is -2.27. The van der Waals surface area contributed by atoms with Crippen molar-refractivity contribution >= 4 is 22.3 Å². The molecule has 2 aromatic heterocycles. The van der Waals surface area contributed by atoms with Crippen molar-refractivity contribution in [3.8, 4) is 36.4 Å². The molecule has 3 aromatic carbocycles. The van der Waals surface area contributed by atoms with Gasteiger partial charge in [0.1, 0.15) is 24.3 Å². The van der Waals surface area contributed by atoms with Gasteiger partial charge in [-0.3, -0.25) is 0 Å². The van der Waals surface area contributed by atoms with Crippen molar-refractivity contribution in [3.05, 3.63) is 163 Å². The molecular formula is C42H14F8N8. The van der Waals surface area contributed by atoms with Crippen molar-refractivity contribution in [3.63, 3.8) is 0 Å². The second-order valence-corrected chi connectivity index (χ2v) is 12.7. The number of pyridine rings is 2. The third-order valence-corrected chi connectivity index (χ3v) is 10.1. The highest BCUT2D eigenvalue weighted by Gasteiger charge is 2.51. The molecule has 0 amide bonds. The minimum Gasteiger partial charge on any atom is -0.201 e. The molecule has 0 radical (unpaired) electrons. The topological polar surface area (TPSA) is 169 Å². The molecule has 2 aliphatic carbocycles. The predicted octanol–water partition coefficient (Wildman–Crippen LogP) is 9.01. The molecule has 0 N–H and O–H groups in total. The van der Waals surface area contributed by atoms with Gasteiger partial charge in [-0.25, -0.2) is 17.6 Å². The molecule has 0 saturated heterocycles. The number of rotatable bonds is 6. The van der Waals surface area contributed by atoms with Crippen LogP contribution < -0.4 is 0 Å². The molecule has 0 bridgehead atoms. The van der Waals surface area contributed by atoms with E-state index in [1.807, 2.05) is 24.3 Å². The minimum absolute atomic E-state index is 0.0589. The second kappa shape index (κ2) is 14.5. The standard InChI is InChI=1S/C42H14F8N8/c43-35-33(36(44)40(48)57-39(35)47)23(15-55)29-25(17-7-3-1-4-8-17)19(11-51)27-21(13-53)32-28(22(14-54)31(27)29)20(12-52)26(18-9-5-2-6-10-18)30(32)24(16-56)34-37(45)41(49)58-42(50)38(34)46/h1-10,23-24,29-30H. The largest absolute Gasteiger partial charge is 0.252 e. The molecule has 0 saturated carbocycles. The number of nitrogens with zero attached hydrogens (tertiary/aromatic N) is 8. The van der Waals surface area contributed by atoms with Gasteiger partial charge in [0.25, 0.3) is 23.8 Å². The van der Waals surface area contributed by atoms with E-state index >= 15 is 17.6 Å². The van der Waals surface area contributed by atoms with E-state index in [0.717, 1.165) is 0 Å². The zero-order chi connectivity index (χ0) is 41.7. The van der Waals surface area contributed by atoms with Crippen molar-refractivity contribution in [2.75, 3.05) is 0 Å². The smallest absolute Gasteiger partial charge is 0.201 e. The van der Waals surface area contributed by atoms with Crippen LogP contribution in [0.4, 0.5) is 35.1 Å². The van der Waals surface area contributed by atoms with E-state index in [2.05, 4.69) is 9.97 Å². The minimum atomic E-state index is -2.33. The van der Waals surface area contributed by atoms with Crippen molar-refractivity contribution in [2.24, 2.45) is 0 Å². The van der Waals surface area contributed by atoms with Crippen molar-refractivity contribution < 1.29 is 35.1 Å². The summed E-state index contributed by atoms with van der Waals surface area (Å²) in [7, 11) is 0. The summed E-state index contributed by atoms with van der Waals surface area (Å²) in [5, 5.41) is 64.9. The lowest BCUT2D eigenvalue weighted by molar-refractivity contribution is 0.390. The predicted molar refractivity (Wildman–Crippen MR) is 184 cm³/mol. The first kappa shape index (κ1) is 38.1. The maximum Gasteiger partial charge on any atom is 0.252 e. The molecule has 8 nitrogen and oxygen atoms in total. The third-order valence-electron chi connectivity index (χ3n) is 10.1. The van der Waals surface area contributed by atoms with Crippen LogP contribution in [0.3, 0.4) is 0 Å². The van der Waals surface area contributed by atoms with Crippen LogP contribution in [0.5, 0.6) is 0 Å². The Morgan fingerprint density at radius 2 is 0.759 bits per heavy atom. The maximum absolute atomic E-state index is 15.6. The van der Waals surface area contributed by atoms with Gasteiger partial charge >= 0.3 is 0 Å². The number of hydrogen-bond acceptors (Lipinski definition) is 8. The van der Waals surface area contributed by atoms with Gasteiger partial charge in [-0.05, 0) is 33.4 Å². The number of aromatic nitrogens is 2. The van der Waals surface area contributed by atoms with Crippen LogP contribution in [0.25, 0.3) is 22.3 Å². The number of nitriles is 6. The molecule has 0 fully saturated rings. The van der Waals surface area contributed by atoms with E-state index in [1.54, 1.807) is 12.1 Å². The Kier molecular flexibility index (Phi) is 9.51. The molecule has 2 aliphatic rings. The number of hydrogen-bond donors (Lipinski definition) is 0. The van der Waals surface area contributed by atoms with Gasteiger partial charge in [-0.15, -0.1) is 0 Å². The van der Waals surface area contributed by atoms with Crippen molar-refractivity contribution in [2.45, 2.75) is 23.7 Å². The van der Waals surface area contributed by atoms with Crippen LogP contribution in [0.1, 0.15) is 79.3 Å². The lowest BCUT2D eigenvalue weighted by Crippen LogP contribution is -2.20. The fourth-order valence-electron chi connectivity index (χ4n) is 7.98. The SMILES string of the molecule is N#CC1=C(c2ccccc2)C(C(C#N)c2c(F)c(F)nc(F)c2F)c2c(C#N)c3c(c(C#N)c21)C(C(C#N)c1c(F)c(F)nc(F)c1F)C(c1ccccc1)=C3C#N. The Bertz CT molecular complexity index is 2720. The number of allylic oxidation sites excluding steroid dienone is 4. The van der Waals surface area contributed by atoms with Gasteiger partial charge in [0, 0.05) is 23.0 Å². The molecule has 0 spiro atoms. The van der Waals surface area contributed by atoms with Crippen LogP contribution >= 0.6 is 0 Å². The van der Waals surface area contributed by atoms with Gasteiger partial charge in [0.05, 0.1) is 57.4 Å². The monoisotopic (exact) mass is 782 g/mol. The highest BCUT2D eigenvalue weighted by Crippen LogP contribution is 2.62. The molecule has 16 heteroatoms. The fourth-order valence-corrected chi connectivity index (χ4v) is 7.98. The molecule has 4 unspecified atom stereocenters. The van der Waals surface area contributed by atoms with Crippen LogP contribution in [-0.2, 0) is 0 Å². The van der Waals surface area contributed by atoms with Gasteiger partial charge in [0.15, 0.2) is 23.3 Å². The van der Waals surface area contributed by atoms with Crippen LogP contribution in [0, 0.1) is 115 Å². The molecule has 0 aliphatic heterocycles. The van der Waals surface area contributed by atoms with E-state index in [9.17, 15) is 49.1 Å². The first-order valence-electron chi connectivity index (χ1n) is 16.5. The van der Waals surface area contributed by atoms with Gasteiger partial charge in [0.2, 0.25) is 0 Å². The van der Waals surface area contributed by atoms with Gasteiger partial charge in [-0.2, -0.15) is 59.1 Å². The van der Waals surface area contributed by atoms with E-state index in [4.69, 9.17) is 0 Å². The van der Waals surface area contributed by atoms with Crippen molar-refractivity contribution in [1.82, 2.24) is 9.97 Å². The molecule has 278 valence electrons. The van der Waals surface area contributed by atoms with E-state index < -0.39 is 126 Å². The summed E-state index contributed by atoms with van der Waals surface area (Å²) in [6, 6.07) is 25.1. The first-order chi connectivity index (χ1) is 27.9. The average molecular weight is 783 g/mol. The van der Waals surface area contributed by atoms with Crippen molar-refractivity contribution in [1.29, 1.82) is 31.6 Å². The Labute approximate surface area is 321 Å². The Balaban J connectivity index is 1.71. The fraction of sp³-hybridized carbons (Fsp3) is 0.0952. The number of benzene rings is 3.